The summed E-state index contributed by atoms with van der Waals surface area (Å²) >= 11 is 11.5. The topological polar surface area (TPSA) is 30.0 Å². The van der Waals surface area contributed by atoms with E-state index in [1.54, 1.807) is 0 Å². The summed E-state index contributed by atoms with van der Waals surface area (Å²) in [6.45, 7) is 0. The zero-order valence-corrected chi connectivity index (χ0v) is 10.1. The van der Waals surface area contributed by atoms with Crippen LogP contribution in [0.15, 0.2) is 18.2 Å². The number of nitrogens with zero attached hydrogens (tertiary/aromatic N) is 1. The van der Waals surface area contributed by atoms with Gasteiger partial charge in [0.1, 0.15) is 5.69 Å². The molecule has 0 unspecified atom stereocenters. The van der Waals surface area contributed by atoms with E-state index in [0.717, 1.165) is 0 Å². The molecule has 1 aromatic carbocycles. The van der Waals surface area contributed by atoms with Crippen molar-refractivity contribution in [2.45, 2.75) is 6.18 Å². The Labute approximate surface area is 109 Å². The lowest BCUT2D eigenvalue weighted by Gasteiger charge is -2.10. The molecule has 0 bridgehead atoms. The summed E-state index contributed by atoms with van der Waals surface area (Å²) in [6.07, 6.45) is -4.33. The highest BCUT2D eigenvalue weighted by atomic mass is 35.5. The van der Waals surface area contributed by atoms with Crippen LogP contribution in [0.2, 0.25) is 10.0 Å². The maximum atomic E-state index is 12.6. The summed E-state index contributed by atoms with van der Waals surface area (Å²) in [6, 6.07) is 3.29. The monoisotopic (exact) mass is 293 g/mol. The van der Waals surface area contributed by atoms with E-state index in [2.05, 4.69) is 4.98 Å². The third-order valence-corrected chi connectivity index (χ3v) is 2.79. The molecule has 7 heteroatoms. The van der Waals surface area contributed by atoms with Gasteiger partial charge in [0.25, 0.3) is 0 Å². The first-order valence-corrected chi connectivity index (χ1v) is 5.40. The molecule has 0 radical (unpaired) electrons. The Bertz CT molecular complexity index is 640. The average molecular weight is 294 g/mol. The molecule has 18 heavy (non-hydrogen) atoms. The number of carbonyl (C=O) groups excluding carboxylic acids is 1. The van der Waals surface area contributed by atoms with Crippen molar-refractivity contribution < 1.29 is 18.0 Å². The Balaban J connectivity index is 2.88. The van der Waals surface area contributed by atoms with Gasteiger partial charge in [0.15, 0.2) is 6.29 Å². The highest BCUT2D eigenvalue weighted by Crippen LogP contribution is 2.34. The molecule has 0 saturated carbocycles. The van der Waals surface area contributed by atoms with Crippen LogP contribution in [0.25, 0.3) is 10.9 Å². The van der Waals surface area contributed by atoms with Crippen molar-refractivity contribution in [3.05, 3.63) is 39.5 Å². The molecule has 2 rings (SSSR count). The number of aromatic nitrogens is 1. The number of hydrogen-bond donors (Lipinski definition) is 0. The van der Waals surface area contributed by atoms with Crippen LogP contribution in [-0.4, -0.2) is 11.3 Å². The van der Waals surface area contributed by atoms with Gasteiger partial charge < -0.3 is 0 Å². The SMILES string of the molecule is O=Cc1cc(C(F)(F)F)nc2c(Cl)cc(Cl)cc12. The lowest BCUT2D eigenvalue weighted by Crippen LogP contribution is -2.09. The standard InChI is InChI=1S/C11H4Cl2F3NO/c12-6-2-7-5(4-18)1-9(11(14,15)16)17-10(7)8(13)3-6/h1-4H. The van der Waals surface area contributed by atoms with Gasteiger partial charge in [-0.3, -0.25) is 4.79 Å². The van der Waals surface area contributed by atoms with Crippen LogP contribution in [0, 0.1) is 0 Å². The molecule has 0 amide bonds. The first-order valence-electron chi connectivity index (χ1n) is 4.65. The van der Waals surface area contributed by atoms with Gasteiger partial charge in [-0.2, -0.15) is 13.2 Å². The maximum absolute atomic E-state index is 12.6. The second-order valence-electron chi connectivity index (χ2n) is 3.50. The molecule has 1 heterocycles. The van der Waals surface area contributed by atoms with Gasteiger partial charge in [-0.15, -0.1) is 0 Å². The van der Waals surface area contributed by atoms with Gasteiger partial charge in [-0.25, -0.2) is 4.98 Å². The molecule has 0 aliphatic carbocycles. The summed E-state index contributed by atoms with van der Waals surface area (Å²) in [5, 5.41) is 0.374. The molecule has 1 aromatic heterocycles. The zero-order valence-electron chi connectivity index (χ0n) is 8.55. The van der Waals surface area contributed by atoms with Crippen LogP contribution in [0.1, 0.15) is 16.1 Å². The molecule has 0 spiro atoms. The lowest BCUT2D eigenvalue weighted by molar-refractivity contribution is -0.140. The number of halogens is 5. The Morgan fingerprint density at radius 1 is 1.17 bits per heavy atom. The van der Waals surface area contributed by atoms with Crippen molar-refractivity contribution in [1.29, 1.82) is 0 Å². The van der Waals surface area contributed by atoms with Gasteiger partial charge in [-0.05, 0) is 18.2 Å². The number of aldehydes is 1. The third kappa shape index (κ3) is 2.28. The molecule has 0 saturated heterocycles. The zero-order chi connectivity index (χ0) is 13.5. The van der Waals surface area contributed by atoms with Crippen LogP contribution in [-0.2, 0) is 6.18 Å². The molecule has 0 aliphatic heterocycles. The highest BCUT2D eigenvalue weighted by Gasteiger charge is 2.33. The van der Waals surface area contributed by atoms with E-state index < -0.39 is 11.9 Å². The van der Waals surface area contributed by atoms with Crippen molar-refractivity contribution in [2.75, 3.05) is 0 Å². The minimum Gasteiger partial charge on any atom is -0.298 e. The van der Waals surface area contributed by atoms with E-state index in [0.29, 0.717) is 12.4 Å². The van der Waals surface area contributed by atoms with Gasteiger partial charge in [0, 0.05) is 16.0 Å². The van der Waals surface area contributed by atoms with Gasteiger partial charge in [0.2, 0.25) is 0 Å². The quantitative estimate of drug-likeness (QED) is 0.731. The van der Waals surface area contributed by atoms with Crippen molar-refractivity contribution in [2.24, 2.45) is 0 Å². The van der Waals surface area contributed by atoms with E-state index in [1.807, 2.05) is 0 Å². The summed E-state index contributed by atoms with van der Waals surface area (Å²) in [5.74, 6) is 0. The van der Waals surface area contributed by atoms with Crippen molar-refractivity contribution in [3.63, 3.8) is 0 Å². The predicted molar refractivity (Wildman–Crippen MR) is 62.2 cm³/mol. The molecule has 2 aromatic rings. The van der Waals surface area contributed by atoms with Gasteiger partial charge in [0.05, 0.1) is 10.5 Å². The van der Waals surface area contributed by atoms with Crippen LogP contribution in [0.5, 0.6) is 0 Å². The van der Waals surface area contributed by atoms with Crippen LogP contribution >= 0.6 is 23.2 Å². The molecular weight excluding hydrogens is 290 g/mol. The number of carbonyl (C=O) groups is 1. The summed E-state index contributed by atoms with van der Waals surface area (Å²) in [4.78, 5) is 14.3. The lowest BCUT2D eigenvalue weighted by atomic mass is 10.1. The smallest absolute Gasteiger partial charge is 0.298 e. The molecule has 2 nitrogen and oxygen atoms in total. The fourth-order valence-corrected chi connectivity index (χ4v) is 2.06. The van der Waals surface area contributed by atoms with Gasteiger partial charge >= 0.3 is 6.18 Å². The molecule has 0 N–H and O–H groups in total. The van der Waals surface area contributed by atoms with E-state index in [-0.39, 0.29) is 26.5 Å². The number of hydrogen-bond acceptors (Lipinski definition) is 2. The van der Waals surface area contributed by atoms with E-state index >= 15 is 0 Å². The van der Waals surface area contributed by atoms with Crippen molar-refractivity contribution in [1.82, 2.24) is 4.98 Å². The molecule has 0 fully saturated rings. The fourth-order valence-electron chi connectivity index (χ4n) is 1.52. The summed E-state index contributed by atoms with van der Waals surface area (Å²) < 4.78 is 37.8. The predicted octanol–water partition coefficient (Wildman–Crippen LogP) is 4.37. The van der Waals surface area contributed by atoms with E-state index in [4.69, 9.17) is 23.2 Å². The van der Waals surface area contributed by atoms with Crippen LogP contribution in [0.3, 0.4) is 0 Å². The maximum Gasteiger partial charge on any atom is 0.433 e. The first kappa shape index (κ1) is 13.1. The van der Waals surface area contributed by atoms with Crippen LogP contribution < -0.4 is 0 Å². The second-order valence-corrected chi connectivity index (χ2v) is 4.34. The fraction of sp³-hybridized carbons (Fsp3) is 0.0909. The Hall–Kier alpha value is -1.33. The molecule has 94 valence electrons. The number of rotatable bonds is 1. The van der Waals surface area contributed by atoms with Crippen molar-refractivity contribution >= 4 is 40.4 Å². The summed E-state index contributed by atoms with van der Waals surface area (Å²) in [7, 11) is 0. The number of pyridine rings is 1. The summed E-state index contributed by atoms with van der Waals surface area (Å²) in [5.41, 5.74) is -1.42. The average Bonchev–Trinajstić information content (AvgIpc) is 2.26. The first-order chi connectivity index (χ1) is 8.32. The van der Waals surface area contributed by atoms with Crippen LogP contribution in [0.4, 0.5) is 13.2 Å². The second kappa shape index (κ2) is 4.40. The third-order valence-electron chi connectivity index (χ3n) is 2.28. The Kier molecular flexibility index (Phi) is 3.21. The Morgan fingerprint density at radius 2 is 1.83 bits per heavy atom. The highest BCUT2D eigenvalue weighted by molar-refractivity contribution is 6.38. The van der Waals surface area contributed by atoms with E-state index in [1.165, 1.54) is 12.1 Å². The molecule has 0 atom stereocenters. The molecular formula is C11H4Cl2F3NO. The number of alkyl halides is 3. The normalized spacial score (nSPS) is 11.8. The minimum atomic E-state index is -4.64. The largest absolute Gasteiger partial charge is 0.433 e. The van der Waals surface area contributed by atoms with Gasteiger partial charge in [-0.1, -0.05) is 23.2 Å². The Morgan fingerprint density at radius 3 is 2.39 bits per heavy atom. The molecule has 0 aliphatic rings. The van der Waals surface area contributed by atoms with E-state index in [9.17, 15) is 18.0 Å². The number of fused-ring (bicyclic) bond motifs is 1. The minimum absolute atomic E-state index is 0.0355. The van der Waals surface area contributed by atoms with Crippen molar-refractivity contribution in [3.8, 4) is 0 Å². The number of benzene rings is 1.